The number of aryl methyl sites for hydroxylation is 2. The highest BCUT2D eigenvalue weighted by Crippen LogP contribution is 2.37. The molecule has 0 radical (unpaired) electrons. The third kappa shape index (κ3) is 2.66. The Hall–Kier alpha value is -4.38. The Kier molecular flexibility index (Phi) is 3.62. The van der Waals surface area contributed by atoms with Gasteiger partial charge in [0, 0.05) is 33.4 Å². The number of pyridine rings is 1. The summed E-state index contributed by atoms with van der Waals surface area (Å²) in [7, 11) is 0. The molecule has 0 unspecified atom stereocenters. The van der Waals surface area contributed by atoms with Crippen molar-refractivity contribution in [2.75, 3.05) is 0 Å². The quantitative estimate of drug-likeness (QED) is 0.288. The van der Waals surface area contributed by atoms with Crippen LogP contribution in [0.1, 0.15) is 11.1 Å². The summed E-state index contributed by atoms with van der Waals surface area (Å²) >= 11 is 0. The summed E-state index contributed by atoms with van der Waals surface area (Å²) in [6.45, 7) is 4.21. The molecular weight excluding hydrogens is 410 g/mol. The van der Waals surface area contributed by atoms with Crippen molar-refractivity contribution in [3.63, 3.8) is 0 Å². The number of hydrogen-bond donors (Lipinski definition) is 0. The summed E-state index contributed by atoms with van der Waals surface area (Å²) in [6, 6.07) is 22.8. The maximum Gasteiger partial charge on any atom is 0.183 e. The summed E-state index contributed by atoms with van der Waals surface area (Å²) in [5.41, 5.74) is 6.77. The summed E-state index contributed by atoms with van der Waals surface area (Å²) in [6.07, 6.45) is 3.49. The lowest BCUT2D eigenvalue weighted by atomic mass is 10.1. The average Bonchev–Trinajstić information content (AvgIpc) is 3.53. The van der Waals surface area contributed by atoms with Gasteiger partial charge in [0.2, 0.25) is 0 Å². The van der Waals surface area contributed by atoms with Gasteiger partial charge in [-0.2, -0.15) is 0 Å². The topological polar surface area (TPSA) is 57.0 Å². The van der Waals surface area contributed by atoms with Crippen molar-refractivity contribution in [1.29, 1.82) is 0 Å². The van der Waals surface area contributed by atoms with Crippen molar-refractivity contribution in [3.8, 4) is 17.3 Å². The molecule has 4 heterocycles. The lowest BCUT2D eigenvalue weighted by Crippen LogP contribution is -1.98. The molecule has 33 heavy (non-hydrogen) atoms. The first-order valence-corrected chi connectivity index (χ1v) is 10.9. The van der Waals surface area contributed by atoms with Gasteiger partial charge < -0.3 is 8.83 Å². The fraction of sp³-hybridized carbons (Fsp3) is 0.0714. The number of furan rings is 2. The van der Waals surface area contributed by atoms with E-state index in [1.165, 1.54) is 11.1 Å². The van der Waals surface area contributed by atoms with E-state index in [2.05, 4.69) is 71.9 Å². The van der Waals surface area contributed by atoms with Crippen LogP contribution in [0.4, 0.5) is 0 Å². The van der Waals surface area contributed by atoms with Crippen LogP contribution in [0.2, 0.25) is 0 Å². The second-order valence-electron chi connectivity index (χ2n) is 8.56. The molecule has 3 aromatic carbocycles. The van der Waals surface area contributed by atoms with Crippen molar-refractivity contribution in [1.82, 2.24) is 14.5 Å². The predicted molar refractivity (Wildman–Crippen MR) is 131 cm³/mol. The molecule has 0 saturated carbocycles. The summed E-state index contributed by atoms with van der Waals surface area (Å²) in [4.78, 5) is 9.38. The Morgan fingerprint density at radius 1 is 0.788 bits per heavy atom. The van der Waals surface area contributed by atoms with Gasteiger partial charge in [-0.25, -0.2) is 9.97 Å². The van der Waals surface area contributed by atoms with Crippen molar-refractivity contribution < 1.29 is 8.83 Å². The van der Waals surface area contributed by atoms with Gasteiger partial charge in [0.25, 0.3) is 0 Å². The molecule has 0 aliphatic rings. The Balaban J connectivity index is 1.54. The zero-order valence-corrected chi connectivity index (χ0v) is 18.2. The molecular formula is C28H19N3O2. The molecule has 0 bridgehead atoms. The molecule has 7 rings (SSSR count). The lowest BCUT2D eigenvalue weighted by Gasteiger charge is -2.10. The van der Waals surface area contributed by atoms with Gasteiger partial charge >= 0.3 is 0 Å². The fourth-order valence-corrected chi connectivity index (χ4v) is 4.86. The normalized spacial score (nSPS) is 11.9. The van der Waals surface area contributed by atoms with Crippen molar-refractivity contribution in [2.24, 2.45) is 0 Å². The third-order valence-corrected chi connectivity index (χ3v) is 6.21. The molecule has 0 aliphatic heterocycles. The molecule has 158 valence electrons. The van der Waals surface area contributed by atoms with Gasteiger partial charge in [0.15, 0.2) is 17.2 Å². The number of aromatic nitrogens is 3. The van der Waals surface area contributed by atoms with E-state index in [1.54, 1.807) is 12.5 Å². The van der Waals surface area contributed by atoms with Crippen LogP contribution in [0.25, 0.3) is 61.1 Å². The first-order valence-electron chi connectivity index (χ1n) is 10.9. The van der Waals surface area contributed by atoms with E-state index in [9.17, 15) is 0 Å². The highest BCUT2D eigenvalue weighted by molar-refractivity contribution is 6.14. The predicted octanol–water partition coefficient (Wildman–Crippen LogP) is 7.35. The number of rotatable bonds is 2. The second kappa shape index (κ2) is 6.56. The monoisotopic (exact) mass is 429 g/mol. The van der Waals surface area contributed by atoms with Crippen LogP contribution in [-0.2, 0) is 0 Å². The third-order valence-electron chi connectivity index (χ3n) is 6.21. The smallest absolute Gasteiger partial charge is 0.183 e. The molecule has 0 spiro atoms. The number of benzene rings is 3. The van der Waals surface area contributed by atoms with Crippen LogP contribution in [0.15, 0.2) is 88.0 Å². The highest BCUT2D eigenvalue weighted by atomic mass is 16.3. The Morgan fingerprint density at radius 2 is 1.58 bits per heavy atom. The number of fused-ring (bicyclic) bond motifs is 6. The van der Waals surface area contributed by atoms with E-state index in [-0.39, 0.29) is 0 Å². The molecule has 0 fully saturated rings. The lowest BCUT2D eigenvalue weighted by molar-refractivity contribution is 0.618. The van der Waals surface area contributed by atoms with Gasteiger partial charge in [-0.1, -0.05) is 18.2 Å². The first kappa shape index (κ1) is 18.2. The van der Waals surface area contributed by atoms with Gasteiger partial charge in [-0.15, -0.1) is 0 Å². The van der Waals surface area contributed by atoms with Gasteiger partial charge in [0.05, 0.1) is 11.8 Å². The van der Waals surface area contributed by atoms with Crippen molar-refractivity contribution in [2.45, 2.75) is 13.8 Å². The number of imidazole rings is 1. The van der Waals surface area contributed by atoms with E-state index >= 15 is 0 Å². The van der Waals surface area contributed by atoms with Gasteiger partial charge in [-0.05, 0) is 73.5 Å². The van der Waals surface area contributed by atoms with Gasteiger partial charge in [-0.3, -0.25) is 4.57 Å². The average molecular weight is 429 g/mol. The number of hydrogen-bond acceptors (Lipinski definition) is 4. The highest BCUT2D eigenvalue weighted by Gasteiger charge is 2.20. The molecule has 0 aliphatic carbocycles. The van der Waals surface area contributed by atoms with Gasteiger partial charge in [0.1, 0.15) is 11.2 Å². The van der Waals surface area contributed by atoms with Crippen LogP contribution < -0.4 is 0 Å². The van der Waals surface area contributed by atoms with E-state index < -0.39 is 0 Å². The van der Waals surface area contributed by atoms with Crippen LogP contribution in [-0.4, -0.2) is 14.5 Å². The minimum absolute atomic E-state index is 0.689. The van der Waals surface area contributed by atoms with E-state index in [0.717, 1.165) is 49.7 Å². The van der Waals surface area contributed by atoms with E-state index in [4.69, 9.17) is 13.8 Å². The van der Waals surface area contributed by atoms with E-state index in [0.29, 0.717) is 11.4 Å². The maximum atomic E-state index is 6.49. The molecule has 0 N–H and O–H groups in total. The van der Waals surface area contributed by atoms with E-state index in [1.807, 2.05) is 18.2 Å². The molecule has 0 amide bonds. The summed E-state index contributed by atoms with van der Waals surface area (Å²) in [5.74, 6) is 1.44. The maximum absolute atomic E-state index is 6.49. The molecule has 4 aromatic heterocycles. The fourth-order valence-electron chi connectivity index (χ4n) is 4.86. The minimum atomic E-state index is 0.689. The molecule has 0 atom stereocenters. The largest absolute Gasteiger partial charge is 0.464 e. The first-order chi connectivity index (χ1) is 16.2. The molecule has 7 aromatic rings. The standard InChI is InChI=1S/C28H19N3O2/c1-16-12-17(2)14-20(13-16)31-23-4-3-10-29-27(23)30-28(31)24-15-19-6-8-21-22(26(19)33-24)7-5-18-9-11-32-25(18)21/h3-15H,1-2H3. The van der Waals surface area contributed by atoms with Crippen molar-refractivity contribution in [3.05, 3.63) is 90.3 Å². The van der Waals surface area contributed by atoms with Crippen LogP contribution >= 0.6 is 0 Å². The Bertz CT molecular complexity index is 1830. The minimum Gasteiger partial charge on any atom is -0.464 e. The SMILES string of the molecule is Cc1cc(C)cc(-n2c(-c3cc4ccc5c(ccc6ccoc65)c4o3)nc3ncccc32)c1. The van der Waals surface area contributed by atoms with Crippen LogP contribution in [0, 0.1) is 13.8 Å². The molecule has 0 saturated heterocycles. The summed E-state index contributed by atoms with van der Waals surface area (Å²) in [5, 5.41) is 4.16. The molecule has 5 nitrogen and oxygen atoms in total. The zero-order chi connectivity index (χ0) is 22.1. The zero-order valence-electron chi connectivity index (χ0n) is 18.2. The van der Waals surface area contributed by atoms with Crippen LogP contribution in [0.5, 0.6) is 0 Å². The number of nitrogens with zero attached hydrogens (tertiary/aromatic N) is 3. The van der Waals surface area contributed by atoms with Crippen LogP contribution in [0.3, 0.4) is 0 Å². The molecule has 5 heteroatoms. The van der Waals surface area contributed by atoms with Crippen molar-refractivity contribution >= 4 is 43.9 Å². The Labute approximate surface area is 188 Å². The summed E-state index contributed by atoms with van der Waals surface area (Å²) < 4.78 is 14.4. The second-order valence-corrected chi connectivity index (χ2v) is 8.56. The Morgan fingerprint density at radius 3 is 2.42 bits per heavy atom.